The van der Waals surface area contributed by atoms with E-state index in [1.54, 1.807) is 11.3 Å². The van der Waals surface area contributed by atoms with Crippen molar-refractivity contribution in [2.75, 3.05) is 6.54 Å². The van der Waals surface area contributed by atoms with Gasteiger partial charge in [0.1, 0.15) is 0 Å². The molecule has 18 heavy (non-hydrogen) atoms. The Morgan fingerprint density at radius 2 is 1.94 bits per heavy atom. The number of benzene rings is 1. The molecule has 2 heteroatoms. The summed E-state index contributed by atoms with van der Waals surface area (Å²) < 4.78 is 0. The van der Waals surface area contributed by atoms with E-state index in [0.717, 1.165) is 24.9 Å². The molecule has 1 aromatic heterocycles. The Bertz CT molecular complexity index is 457. The maximum Gasteiger partial charge on any atom is 0.00788 e. The first-order valence-electron chi connectivity index (χ1n) is 6.71. The number of hydrogen-bond acceptors (Lipinski definition) is 2. The first kappa shape index (κ1) is 11.9. The van der Waals surface area contributed by atoms with Crippen LogP contribution in [0.5, 0.6) is 0 Å². The number of thiophene rings is 1. The van der Waals surface area contributed by atoms with Gasteiger partial charge in [-0.05, 0) is 59.7 Å². The highest BCUT2D eigenvalue weighted by Crippen LogP contribution is 2.36. The second-order valence-corrected chi connectivity index (χ2v) is 5.89. The molecule has 1 aromatic carbocycles. The molecule has 0 aliphatic heterocycles. The van der Waals surface area contributed by atoms with Gasteiger partial charge in [0.15, 0.2) is 0 Å². The van der Waals surface area contributed by atoms with Crippen LogP contribution >= 0.6 is 11.3 Å². The third kappa shape index (κ3) is 2.82. The predicted octanol–water partition coefficient (Wildman–Crippen LogP) is 3.83. The first-order valence-corrected chi connectivity index (χ1v) is 7.65. The molecule has 1 saturated carbocycles. The smallest absolute Gasteiger partial charge is 0.00788 e. The zero-order chi connectivity index (χ0) is 12.2. The summed E-state index contributed by atoms with van der Waals surface area (Å²) in [5.74, 6) is 0.782. The molecule has 1 nitrogen and oxygen atoms in total. The van der Waals surface area contributed by atoms with Crippen LogP contribution in [-0.4, -0.2) is 12.6 Å². The highest BCUT2D eigenvalue weighted by molar-refractivity contribution is 7.07. The van der Waals surface area contributed by atoms with Gasteiger partial charge in [-0.3, -0.25) is 0 Å². The minimum atomic E-state index is 0.730. The van der Waals surface area contributed by atoms with Crippen LogP contribution in [0.25, 0.3) is 0 Å². The lowest BCUT2D eigenvalue weighted by Gasteiger charge is -2.36. The molecule has 1 N–H and O–H groups in total. The molecule has 3 rings (SSSR count). The number of nitrogens with one attached hydrogen (secondary N) is 1. The fraction of sp³-hybridized carbons (Fsp3) is 0.375. The van der Waals surface area contributed by atoms with E-state index >= 15 is 0 Å². The van der Waals surface area contributed by atoms with Crippen molar-refractivity contribution in [1.82, 2.24) is 5.32 Å². The van der Waals surface area contributed by atoms with Gasteiger partial charge in [-0.15, -0.1) is 0 Å². The second-order valence-electron chi connectivity index (χ2n) is 5.11. The van der Waals surface area contributed by atoms with Crippen LogP contribution in [0.3, 0.4) is 0 Å². The summed E-state index contributed by atoms with van der Waals surface area (Å²) in [7, 11) is 0. The lowest BCUT2D eigenvalue weighted by Crippen LogP contribution is -2.40. The molecule has 2 aromatic rings. The monoisotopic (exact) mass is 257 g/mol. The molecule has 0 radical (unpaired) electrons. The lowest BCUT2D eigenvalue weighted by molar-refractivity contribution is 0.293. The molecule has 94 valence electrons. The van der Waals surface area contributed by atoms with E-state index in [9.17, 15) is 0 Å². The third-order valence-corrected chi connectivity index (χ3v) is 4.57. The van der Waals surface area contributed by atoms with Gasteiger partial charge in [-0.1, -0.05) is 30.3 Å². The Morgan fingerprint density at radius 3 is 2.67 bits per heavy atom. The maximum atomic E-state index is 3.66. The van der Waals surface area contributed by atoms with Gasteiger partial charge in [-0.25, -0.2) is 0 Å². The predicted molar refractivity (Wildman–Crippen MR) is 78.2 cm³/mol. The Labute approximate surface area is 113 Å². The number of hydrogen-bond donors (Lipinski definition) is 1. The Balaban J connectivity index is 1.38. The van der Waals surface area contributed by atoms with Crippen molar-refractivity contribution < 1.29 is 0 Å². The third-order valence-electron chi connectivity index (χ3n) is 3.84. The maximum absolute atomic E-state index is 3.66. The van der Waals surface area contributed by atoms with Crippen LogP contribution in [0.1, 0.15) is 29.9 Å². The van der Waals surface area contributed by atoms with Gasteiger partial charge >= 0.3 is 0 Å². The molecule has 1 heterocycles. The molecule has 0 amide bonds. The van der Waals surface area contributed by atoms with Gasteiger partial charge in [-0.2, -0.15) is 11.3 Å². The summed E-state index contributed by atoms with van der Waals surface area (Å²) in [4.78, 5) is 0. The van der Waals surface area contributed by atoms with E-state index in [1.165, 1.54) is 24.0 Å². The fourth-order valence-electron chi connectivity index (χ4n) is 2.64. The molecule has 0 bridgehead atoms. The molecule has 0 spiro atoms. The van der Waals surface area contributed by atoms with Gasteiger partial charge in [0.2, 0.25) is 0 Å². The normalized spacial score (nSPS) is 22.7. The van der Waals surface area contributed by atoms with E-state index in [1.807, 2.05) is 0 Å². The van der Waals surface area contributed by atoms with E-state index < -0.39 is 0 Å². The van der Waals surface area contributed by atoms with E-state index in [2.05, 4.69) is 52.5 Å². The summed E-state index contributed by atoms with van der Waals surface area (Å²) in [6, 6.07) is 13.9. The van der Waals surface area contributed by atoms with Crippen LogP contribution in [0.15, 0.2) is 47.2 Å². The van der Waals surface area contributed by atoms with Crippen LogP contribution in [-0.2, 0) is 6.42 Å². The van der Waals surface area contributed by atoms with Gasteiger partial charge < -0.3 is 5.32 Å². The summed E-state index contributed by atoms with van der Waals surface area (Å²) in [6.45, 7) is 1.11. The van der Waals surface area contributed by atoms with Gasteiger partial charge in [0.05, 0.1) is 0 Å². The van der Waals surface area contributed by atoms with E-state index in [0.29, 0.717) is 0 Å². The Kier molecular flexibility index (Phi) is 3.77. The van der Waals surface area contributed by atoms with Crippen molar-refractivity contribution in [3.8, 4) is 0 Å². The molecule has 1 fully saturated rings. The Hall–Kier alpha value is -1.12. The average Bonchev–Trinajstić information content (AvgIpc) is 2.86. The summed E-state index contributed by atoms with van der Waals surface area (Å²) >= 11 is 1.79. The van der Waals surface area contributed by atoms with Crippen molar-refractivity contribution in [1.29, 1.82) is 0 Å². The molecular weight excluding hydrogens is 238 g/mol. The van der Waals surface area contributed by atoms with Crippen molar-refractivity contribution in [3.63, 3.8) is 0 Å². The highest BCUT2D eigenvalue weighted by atomic mass is 32.1. The summed E-state index contributed by atoms with van der Waals surface area (Å²) in [5.41, 5.74) is 2.97. The van der Waals surface area contributed by atoms with Crippen LogP contribution in [0, 0.1) is 0 Å². The van der Waals surface area contributed by atoms with E-state index in [4.69, 9.17) is 0 Å². The summed E-state index contributed by atoms with van der Waals surface area (Å²) in [5, 5.41) is 8.06. The molecule has 0 saturated heterocycles. The molecule has 0 atom stereocenters. The van der Waals surface area contributed by atoms with Crippen LogP contribution in [0.4, 0.5) is 0 Å². The first-order chi connectivity index (χ1) is 8.92. The Morgan fingerprint density at radius 1 is 1.11 bits per heavy atom. The minimum absolute atomic E-state index is 0.730. The molecule has 1 aliphatic rings. The van der Waals surface area contributed by atoms with Gasteiger partial charge in [0, 0.05) is 6.04 Å². The lowest BCUT2D eigenvalue weighted by atomic mass is 9.76. The molecule has 1 aliphatic carbocycles. The van der Waals surface area contributed by atoms with Crippen LogP contribution in [0.2, 0.25) is 0 Å². The second kappa shape index (κ2) is 5.68. The standard InChI is InChI=1S/C16H19NS/c1-2-4-14(5-3-1)15-10-16(11-15)17-8-6-13-7-9-18-12-13/h1-5,7,9,12,15-17H,6,8,10-11H2. The molecular formula is C16H19NS. The minimum Gasteiger partial charge on any atom is -0.314 e. The SMILES string of the molecule is c1ccc(C2CC(NCCc3ccsc3)C2)cc1. The topological polar surface area (TPSA) is 12.0 Å². The van der Waals surface area contributed by atoms with Crippen molar-refractivity contribution in [2.45, 2.75) is 31.2 Å². The average molecular weight is 257 g/mol. The van der Waals surface area contributed by atoms with Crippen molar-refractivity contribution in [3.05, 3.63) is 58.3 Å². The van der Waals surface area contributed by atoms with Crippen molar-refractivity contribution in [2.24, 2.45) is 0 Å². The fourth-order valence-corrected chi connectivity index (χ4v) is 3.34. The van der Waals surface area contributed by atoms with Crippen LogP contribution < -0.4 is 5.32 Å². The zero-order valence-electron chi connectivity index (χ0n) is 10.5. The van der Waals surface area contributed by atoms with Gasteiger partial charge in [0.25, 0.3) is 0 Å². The zero-order valence-corrected chi connectivity index (χ0v) is 11.3. The van der Waals surface area contributed by atoms with Crippen molar-refractivity contribution >= 4 is 11.3 Å². The largest absolute Gasteiger partial charge is 0.314 e. The number of rotatable bonds is 5. The quantitative estimate of drug-likeness (QED) is 0.858. The van der Waals surface area contributed by atoms with E-state index in [-0.39, 0.29) is 0 Å². The summed E-state index contributed by atoms with van der Waals surface area (Å²) in [6.07, 6.45) is 3.76. The highest BCUT2D eigenvalue weighted by Gasteiger charge is 2.29. The molecule has 0 unspecified atom stereocenters.